The average Bonchev–Trinajstić information content (AvgIpc) is 3.71. The summed E-state index contributed by atoms with van der Waals surface area (Å²) in [5.74, 6) is 0. The molecule has 5 unspecified atom stereocenters. The molecule has 6 heterocycles. The van der Waals surface area contributed by atoms with Gasteiger partial charge in [-0.3, -0.25) is 4.98 Å². The highest BCUT2D eigenvalue weighted by atomic mass is 32.2. The number of nitrogens with one attached hydrogen (secondary N) is 1. The predicted molar refractivity (Wildman–Crippen MR) is 161 cm³/mol. The fourth-order valence-corrected chi connectivity index (χ4v) is 9.34. The third-order valence-electron chi connectivity index (χ3n) is 8.22. The number of anilines is 2. The molecule has 38 heavy (non-hydrogen) atoms. The molecular weight excluding hydrogens is 505 g/mol. The van der Waals surface area contributed by atoms with E-state index >= 15 is 0 Å². The quantitative estimate of drug-likeness (QED) is 0.372. The first-order valence-electron chi connectivity index (χ1n) is 13.1. The Bertz CT molecular complexity index is 1750. The van der Waals surface area contributed by atoms with Gasteiger partial charge in [0.1, 0.15) is 11.4 Å². The minimum atomic E-state index is 0.0358. The van der Waals surface area contributed by atoms with Crippen molar-refractivity contribution >= 4 is 51.9 Å². The lowest BCUT2D eigenvalue weighted by molar-refractivity contribution is 0.812. The summed E-state index contributed by atoms with van der Waals surface area (Å²) in [4.78, 5) is 7.43. The van der Waals surface area contributed by atoms with Crippen molar-refractivity contribution in [2.75, 3.05) is 10.2 Å². The molecular formula is C32H24N4S2. The van der Waals surface area contributed by atoms with E-state index in [0.29, 0.717) is 10.5 Å². The summed E-state index contributed by atoms with van der Waals surface area (Å²) in [5, 5.41) is 6.54. The van der Waals surface area contributed by atoms with Gasteiger partial charge < -0.3 is 14.8 Å². The average molecular weight is 529 g/mol. The molecule has 0 saturated carbocycles. The van der Waals surface area contributed by atoms with E-state index in [1.165, 1.54) is 44.8 Å². The van der Waals surface area contributed by atoms with E-state index in [4.69, 9.17) is 4.98 Å². The van der Waals surface area contributed by atoms with Gasteiger partial charge in [0.15, 0.2) is 0 Å². The second kappa shape index (κ2) is 7.95. The second-order valence-corrected chi connectivity index (χ2v) is 12.8. The molecule has 0 amide bonds. The number of aromatic nitrogens is 2. The molecule has 4 nitrogen and oxygen atoms in total. The summed E-state index contributed by atoms with van der Waals surface area (Å²) in [5.41, 5.74) is 10.1. The molecule has 2 aliphatic carbocycles. The van der Waals surface area contributed by atoms with E-state index in [2.05, 4.69) is 118 Å². The highest BCUT2D eigenvalue weighted by Gasteiger charge is 2.44. The molecule has 9 rings (SSSR count). The highest BCUT2D eigenvalue weighted by Crippen LogP contribution is 2.54. The fraction of sp³-hybridized carbons (Fsp3) is 0.156. The van der Waals surface area contributed by atoms with Gasteiger partial charge in [-0.15, -0.1) is 23.5 Å². The third kappa shape index (κ3) is 2.93. The number of pyridine rings is 1. The maximum atomic E-state index is 4.90. The van der Waals surface area contributed by atoms with Crippen LogP contribution in [-0.2, 0) is 0 Å². The highest BCUT2D eigenvalue weighted by molar-refractivity contribution is 8.01. The van der Waals surface area contributed by atoms with Crippen LogP contribution in [0.25, 0.3) is 17.0 Å². The van der Waals surface area contributed by atoms with Crippen LogP contribution in [0, 0.1) is 0 Å². The lowest BCUT2D eigenvalue weighted by atomic mass is 10.0. The molecule has 0 bridgehead atoms. The van der Waals surface area contributed by atoms with Crippen molar-refractivity contribution in [2.24, 2.45) is 0 Å². The number of nitrogens with zero attached hydrogens (tertiary/aromatic N) is 3. The number of hydrogen-bond donors (Lipinski definition) is 1. The van der Waals surface area contributed by atoms with Crippen LogP contribution in [0.2, 0.25) is 0 Å². The summed E-state index contributed by atoms with van der Waals surface area (Å²) in [6, 6.07) is 13.2. The van der Waals surface area contributed by atoms with Crippen LogP contribution < -0.4 is 10.2 Å². The van der Waals surface area contributed by atoms with Gasteiger partial charge in [0, 0.05) is 11.6 Å². The van der Waals surface area contributed by atoms with Gasteiger partial charge in [-0.1, -0.05) is 66.8 Å². The van der Waals surface area contributed by atoms with E-state index in [0.717, 1.165) is 5.69 Å². The molecule has 4 aliphatic heterocycles. The van der Waals surface area contributed by atoms with E-state index in [1.54, 1.807) is 0 Å². The second-order valence-electron chi connectivity index (χ2n) is 10.3. The normalized spacial score (nSPS) is 29.3. The minimum Gasteiger partial charge on any atom is -0.369 e. The van der Waals surface area contributed by atoms with Crippen LogP contribution >= 0.6 is 23.5 Å². The van der Waals surface area contributed by atoms with E-state index in [1.807, 2.05) is 29.7 Å². The molecule has 6 aliphatic rings. The maximum Gasteiger partial charge on any atom is 0.112 e. The number of benzene rings is 1. The van der Waals surface area contributed by atoms with Crippen LogP contribution in [0.15, 0.2) is 120 Å². The number of thioether (sulfide) groups is 2. The molecule has 3 aromatic rings. The lowest BCUT2D eigenvalue weighted by Crippen LogP contribution is -2.30. The fourth-order valence-electron chi connectivity index (χ4n) is 6.57. The summed E-state index contributed by atoms with van der Waals surface area (Å²) in [7, 11) is 0. The Morgan fingerprint density at radius 1 is 0.816 bits per heavy atom. The number of allylic oxidation sites excluding steroid dienone is 6. The summed E-state index contributed by atoms with van der Waals surface area (Å²) < 4.78 is 2.54. The van der Waals surface area contributed by atoms with Gasteiger partial charge in [-0.05, 0) is 47.6 Å². The van der Waals surface area contributed by atoms with Crippen molar-refractivity contribution in [3.05, 3.63) is 132 Å². The van der Waals surface area contributed by atoms with Crippen molar-refractivity contribution in [1.29, 1.82) is 0 Å². The maximum absolute atomic E-state index is 4.90. The minimum absolute atomic E-state index is 0.0358. The molecule has 6 heteroatoms. The van der Waals surface area contributed by atoms with Gasteiger partial charge in [-0.2, -0.15) is 0 Å². The Morgan fingerprint density at radius 2 is 1.58 bits per heavy atom. The largest absolute Gasteiger partial charge is 0.369 e. The smallest absolute Gasteiger partial charge is 0.112 e. The standard InChI is InChI=1S/C32H24N4S2/c1-5-13-26-19(8-1)16-28(37-26)35-22-11-4-3-10-21(22)30-24(35)18-25-32(34-30)31-23(12-7-15-33-31)36(25)29-17-20-9-2-6-14-27(20)38-29/h1-18,26-29,32,34H. The van der Waals surface area contributed by atoms with Crippen LogP contribution in [0.1, 0.15) is 22.8 Å². The zero-order valence-corrected chi connectivity index (χ0v) is 22.1. The van der Waals surface area contributed by atoms with Crippen LogP contribution in [-0.4, -0.2) is 25.4 Å². The zero-order valence-electron chi connectivity index (χ0n) is 20.4. The van der Waals surface area contributed by atoms with Crippen molar-refractivity contribution in [3.8, 4) is 0 Å². The summed E-state index contributed by atoms with van der Waals surface area (Å²) >= 11 is 4.02. The molecule has 1 aromatic carbocycles. The first-order valence-corrected chi connectivity index (χ1v) is 15.0. The first-order chi connectivity index (χ1) is 18.8. The summed E-state index contributed by atoms with van der Waals surface area (Å²) in [6.45, 7) is 0. The molecule has 184 valence electrons. The molecule has 2 aromatic heterocycles. The predicted octanol–water partition coefficient (Wildman–Crippen LogP) is 7.52. The van der Waals surface area contributed by atoms with Crippen LogP contribution in [0.4, 0.5) is 11.4 Å². The molecule has 0 fully saturated rings. The van der Waals surface area contributed by atoms with Gasteiger partial charge >= 0.3 is 0 Å². The van der Waals surface area contributed by atoms with Crippen molar-refractivity contribution in [1.82, 2.24) is 9.55 Å². The lowest BCUT2D eigenvalue weighted by Gasteiger charge is -2.31. The Kier molecular flexibility index (Phi) is 4.46. The van der Waals surface area contributed by atoms with E-state index in [-0.39, 0.29) is 16.8 Å². The van der Waals surface area contributed by atoms with Gasteiger partial charge in [0.25, 0.3) is 0 Å². The first kappa shape index (κ1) is 21.3. The monoisotopic (exact) mass is 528 g/mol. The van der Waals surface area contributed by atoms with Gasteiger partial charge in [-0.25, -0.2) is 0 Å². The van der Waals surface area contributed by atoms with Gasteiger partial charge in [0.2, 0.25) is 0 Å². The molecule has 5 atom stereocenters. The van der Waals surface area contributed by atoms with E-state index < -0.39 is 0 Å². The Hall–Kier alpha value is -3.61. The van der Waals surface area contributed by atoms with Crippen LogP contribution in [0.3, 0.4) is 0 Å². The third-order valence-corrected chi connectivity index (χ3v) is 10.9. The van der Waals surface area contributed by atoms with Crippen molar-refractivity contribution < 1.29 is 0 Å². The number of rotatable bonds is 2. The molecule has 1 N–H and O–H groups in total. The number of hydrogen-bond acceptors (Lipinski definition) is 5. The molecule has 0 saturated heterocycles. The summed E-state index contributed by atoms with van der Waals surface area (Å²) in [6.07, 6.45) is 27.0. The Morgan fingerprint density at radius 3 is 2.39 bits per heavy atom. The Labute approximate surface area is 229 Å². The van der Waals surface area contributed by atoms with Crippen LogP contribution in [0.5, 0.6) is 0 Å². The Balaban J connectivity index is 1.23. The molecule has 0 spiro atoms. The van der Waals surface area contributed by atoms with Crippen molar-refractivity contribution in [3.63, 3.8) is 0 Å². The van der Waals surface area contributed by atoms with Gasteiger partial charge in [0.05, 0.1) is 49.9 Å². The zero-order chi connectivity index (χ0) is 24.8. The number of para-hydroxylation sites is 1. The van der Waals surface area contributed by atoms with Crippen molar-refractivity contribution in [2.45, 2.75) is 27.3 Å². The SMILES string of the molecule is C1=CC2=CC(N3C4=Cc5c(c6ccccc6n5C5C=C6C=CC=CC6S5)NC4c4ncccc43)SC2C=C1. The topological polar surface area (TPSA) is 33.1 Å². The number of fused-ring (bicyclic) bond motifs is 8. The van der Waals surface area contributed by atoms with E-state index in [9.17, 15) is 0 Å². The molecule has 0 radical (unpaired) electrons.